The molecular formula is C25H26N2O4S. The first-order valence-electron chi connectivity index (χ1n) is 10.4. The van der Waals surface area contributed by atoms with Crippen LogP contribution in [0.3, 0.4) is 0 Å². The van der Waals surface area contributed by atoms with Gasteiger partial charge in [-0.05, 0) is 50.5 Å². The predicted octanol–water partition coefficient (Wildman–Crippen LogP) is 4.77. The Morgan fingerprint density at radius 2 is 1.72 bits per heavy atom. The second-order valence-corrected chi connectivity index (χ2v) is 8.32. The highest BCUT2D eigenvalue weighted by atomic mass is 32.1. The molecule has 0 aliphatic rings. The maximum Gasteiger partial charge on any atom is 0.341 e. The van der Waals surface area contributed by atoms with Crippen molar-refractivity contribution < 1.29 is 19.1 Å². The van der Waals surface area contributed by atoms with Crippen LogP contribution in [0.25, 0.3) is 0 Å². The molecule has 2 amide bonds. The van der Waals surface area contributed by atoms with Crippen LogP contribution >= 0.6 is 11.3 Å². The lowest BCUT2D eigenvalue weighted by Gasteiger charge is -2.07. The molecule has 0 atom stereocenters. The van der Waals surface area contributed by atoms with Crippen LogP contribution in [0.2, 0.25) is 0 Å². The molecular weight excluding hydrogens is 424 g/mol. The molecule has 1 heterocycles. The SMILES string of the molecule is CCOC(=O)c1c(NC(=O)c2cccc(C)c2)sc(C(=O)NCCc2ccccc2)c1C. The first-order chi connectivity index (χ1) is 15.4. The summed E-state index contributed by atoms with van der Waals surface area (Å²) in [6.07, 6.45) is 0.693. The molecule has 2 aromatic carbocycles. The fourth-order valence-electron chi connectivity index (χ4n) is 3.27. The van der Waals surface area contributed by atoms with Gasteiger partial charge in [-0.15, -0.1) is 11.3 Å². The molecule has 0 spiro atoms. The molecule has 2 N–H and O–H groups in total. The molecule has 1 aromatic heterocycles. The van der Waals surface area contributed by atoms with Gasteiger partial charge in [-0.25, -0.2) is 4.79 Å². The highest BCUT2D eigenvalue weighted by Gasteiger charge is 2.26. The van der Waals surface area contributed by atoms with Crippen LogP contribution in [0, 0.1) is 13.8 Å². The predicted molar refractivity (Wildman–Crippen MR) is 127 cm³/mol. The van der Waals surface area contributed by atoms with Gasteiger partial charge in [-0.3, -0.25) is 9.59 Å². The molecule has 0 saturated heterocycles. The zero-order chi connectivity index (χ0) is 23.1. The molecule has 0 unspecified atom stereocenters. The average molecular weight is 451 g/mol. The number of amides is 2. The second kappa shape index (κ2) is 10.7. The lowest BCUT2D eigenvalue weighted by atomic mass is 10.1. The van der Waals surface area contributed by atoms with Crippen molar-refractivity contribution in [3.63, 3.8) is 0 Å². The minimum Gasteiger partial charge on any atom is -0.462 e. The van der Waals surface area contributed by atoms with Gasteiger partial charge in [0.1, 0.15) is 5.00 Å². The van der Waals surface area contributed by atoms with Gasteiger partial charge in [0.25, 0.3) is 11.8 Å². The number of anilines is 1. The number of carbonyl (C=O) groups is 3. The minimum atomic E-state index is -0.566. The molecule has 32 heavy (non-hydrogen) atoms. The van der Waals surface area contributed by atoms with Crippen molar-refractivity contribution in [1.82, 2.24) is 5.32 Å². The van der Waals surface area contributed by atoms with Crippen LogP contribution in [0.4, 0.5) is 5.00 Å². The Morgan fingerprint density at radius 1 is 0.969 bits per heavy atom. The zero-order valence-electron chi connectivity index (χ0n) is 18.4. The minimum absolute atomic E-state index is 0.192. The van der Waals surface area contributed by atoms with Gasteiger partial charge >= 0.3 is 5.97 Å². The Hall–Kier alpha value is -3.45. The Morgan fingerprint density at radius 3 is 2.41 bits per heavy atom. The molecule has 0 bridgehead atoms. The van der Waals surface area contributed by atoms with Crippen LogP contribution < -0.4 is 10.6 Å². The van der Waals surface area contributed by atoms with E-state index < -0.39 is 5.97 Å². The van der Waals surface area contributed by atoms with Gasteiger partial charge in [-0.1, -0.05) is 48.0 Å². The maximum absolute atomic E-state index is 12.8. The van der Waals surface area contributed by atoms with Gasteiger partial charge in [0.15, 0.2) is 0 Å². The van der Waals surface area contributed by atoms with Crippen molar-refractivity contribution in [2.75, 3.05) is 18.5 Å². The molecule has 3 aromatic rings. The van der Waals surface area contributed by atoms with E-state index in [0.717, 1.165) is 22.5 Å². The number of rotatable bonds is 8. The molecule has 7 heteroatoms. The summed E-state index contributed by atoms with van der Waals surface area (Å²) in [6.45, 7) is 5.95. The van der Waals surface area contributed by atoms with E-state index in [0.29, 0.717) is 34.0 Å². The molecule has 6 nitrogen and oxygen atoms in total. The van der Waals surface area contributed by atoms with E-state index in [-0.39, 0.29) is 24.0 Å². The van der Waals surface area contributed by atoms with E-state index >= 15 is 0 Å². The summed E-state index contributed by atoms with van der Waals surface area (Å²) in [4.78, 5) is 38.6. The fourth-order valence-corrected chi connectivity index (χ4v) is 4.38. The van der Waals surface area contributed by atoms with Crippen molar-refractivity contribution in [2.45, 2.75) is 27.2 Å². The lowest BCUT2D eigenvalue weighted by Crippen LogP contribution is -2.25. The Bertz CT molecular complexity index is 1120. The number of benzene rings is 2. The first-order valence-corrected chi connectivity index (χ1v) is 11.2. The number of esters is 1. The second-order valence-electron chi connectivity index (χ2n) is 7.30. The monoisotopic (exact) mass is 450 g/mol. The summed E-state index contributed by atoms with van der Waals surface area (Å²) in [5, 5.41) is 6.00. The topological polar surface area (TPSA) is 84.5 Å². The Labute approximate surface area is 191 Å². The third-order valence-corrected chi connectivity index (χ3v) is 6.09. The summed E-state index contributed by atoms with van der Waals surface area (Å²) in [5.74, 6) is -1.20. The number of ether oxygens (including phenoxy) is 1. The van der Waals surface area contributed by atoms with Gasteiger partial charge in [0.05, 0.1) is 17.0 Å². The summed E-state index contributed by atoms with van der Waals surface area (Å²) < 4.78 is 5.17. The molecule has 166 valence electrons. The average Bonchev–Trinajstić information content (AvgIpc) is 3.10. The highest BCUT2D eigenvalue weighted by molar-refractivity contribution is 7.18. The van der Waals surface area contributed by atoms with Crippen LogP contribution in [0.15, 0.2) is 54.6 Å². The van der Waals surface area contributed by atoms with Crippen LogP contribution in [0.1, 0.15) is 54.0 Å². The maximum atomic E-state index is 12.8. The zero-order valence-corrected chi connectivity index (χ0v) is 19.2. The molecule has 0 aliphatic heterocycles. The molecule has 0 saturated carbocycles. The number of nitrogens with one attached hydrogen (secondary N) is 2. The van der Waals surface area contributed by atoms with Crippen molar-refractivity contribution in [1.29, 1.82) is 0 Å². The number of carbonyl (C=O) groups excluding carboxylic acids is 3. The Balaban J connectivity index is 1.81. The van der Waals surface area contributed by atoms with Crippen LogP contribution in [-0.2, 0) is 11.2 Å². The van der Waals surface area contributed by atoms with Gasteiger partial charge < -0.3 is 15.4 Å². The number of aryl methyl sites for hydroxylation is 1. The van der Waals surface area contributed by atoms with E-state index in [1.807, 2.05) is 43.3 Å². The fraction of sp³-hybridized carbons (Fsp3) is 0.240. The number of hydrogen-bond acceptors (Lipinski definition) is 5. The van der Waals surface area contributed by atoms with E-state index in [2.05, 4.69) is 10.6 Å². The third-order valence-electron chi connectivity index (χ3n) is 4.88. The quantitative estimate of drug-likeness (QED) is 0.484. The summed E-state index contributed by atoms with van der Waals surface area (Å²) >= 11 is 1.08. The normalized spacial score (nSPS) is 10.5. The number of thiophene rings is 1. The van der Waals surface area contributed by atoms with Crippen LogP contribution in [0.5, 0.6) is 0 Å². The van der Waals surface area contributed by atoms with E-state index in [1.165, 1.54) is 0 Å². The van der Waals surface area contributed by atoms with Crippen molar-refractivity contribution >= 4 is 34.1 Å². The first kappa shape index (κ1) is 23.2. The van der Waals surface area contributed by atoms with Gasteiger partial charge in [0, 0.05) is 12.1 Å². The van der Waals surface area contributed by atoms with Gasteiger partial charge in [-0.2, -0.15) is 0 Å². The highest BCUT2D eigenvalue weighted by Crippen LogP contribution is 2.34. The molecule has 0 aliphatic carbocycles. The number of hydrogen-bond donors (Lipinski definition) is 2. The molecule has 3 rings (SSSR count). The van der Waals surface area contributed by atoms with E-state index in [9.17, 15) is 14.4 Å². The lowest BCUT2D eigenvalue weighted by molar-refractivity contribution is 0.0527. The van der Waals surface area contributed by atoms with Crippen LogP contribution in [-0.4, -0.2) is 30.9 Å². The van der Waals surface area contributed by atoms with Crippen molar-refractivity contribution in [3.05, 3.63) is 87.3 Å². The molecule has 0 radical (unpaired) electrons. The smallest absolute Gasteiger partial charge is 0.341 e. The van der Waals surface area contributed by atoms with Crippen molar-refractivity contribution in [2.24, 2.45) is 0 Å². The van der Waals surface area contributed by atoms with E-state index in [4.69, 9.17) is 4.74 Å². The summed E-state index contributed by atoms with van der Waals surface area (Å²) in [6, 6.07) is 17.0. The Kier molecular flexibility index (Phi) is 7.78. The summed E-state index contributed by atoms with van der Waals surface area (Å²) in [5.41, 5.74) is 3.24. The summed E-state index contributed by atoms with van der Waals surface area (Å²) in [7, 11) is 0. The largest absolute Gasteiger partial charge is 0.462 e. The van der Waals surface area contributed by atoms with Gasteiger partial charge in [0.2, 0.25) is 0 Å². The third kappa shape index (κ3) is 5.62. The van der Waals surface area contributed by atoms with Crippen molar-refractivity contribution in [3.8, 4) is 0 Å². The van der Waals surface area contributed by atoms with E-state index in [1.54, 1.807) is 32.0 Å². The standard InChI is InChI=1S/C25H26N2O4S/c1-4-31-25(30)20-17(3)21(23(29)26-14-13-18-10-6-5-7-11-18)32-24(20)27-22(28)19-12-8-9-16(2)15-19/h5-12,15H,4,13-14H2,1-3H3,(H,26,29)(H,27,28). The molecule has 0 fully saturated rings.